The van der Waals surface area contributed by atoms with Crippen LogP contribution in [0.5, 0.6) is 17.2 Å². The molecule has 39 heavy (non-hydrogen) atoms. The van der Waals surface area contributed by atoms with Crippen LogP contribution >= 0.6 is 0 Å². The number of amides is 1. The standard InChI is InChI=1S/C28H38N4O7/c1-3-4-11-31(12-6-13-33)25(34)17-32-16-20(19-14-22(37-2)27-23(15-19)38-18-39-27)26(28(35)36)21(32)7-8-24-29-9-5-10-30-24/h5,9-10,14-15,20-21,26,33H,3-4,6-8,11-13,16-18H2,1-2H3,(H,35,36)/t20-,21+,26-/m1/s1. The highest BCUT2D eigenvalue weighted by Crippen LogP contribution is 2.47. The van der Waals surface area contributed by atoms with Gasteiger partial charge >= 0.3 is 5.97 Å². The SMILES string of the molecule is CCCCN(CCCO)C(=O)CN1C[C@H](c2cc(OC)c3c(c2)OCO3)[C@@H](C(=O)O)[C@@H]1CCc1ncccn1. The van der Waals surface area contributed by atoms with Crippen LogP contribution in [0.3, 0.4) is 0 Å². The number of carboxylic acids is 1. The number of carbonyl (C=O) groups is 2. The number of unbranched alkanes of at least 4 members (excludes halogenated alkanes) is 1. The maximum atomic E-state index is 13.5. The van der Waals surface area contributed by atoms with E-state index in [2.05, 4.69) is 16.9 Å². The van der Waals surface area contributed by atoms with Gasteiger partial charge in [0.1, 0.15) is 5.82 Å². The fourth-order valence-electron chi connectivity index (χ4n) is 5.54. The number of benzene rings is 1. The maximum Gasteiger partial charge on any atom is 0.308 e. The molecule has 11 nitrogen and oxygen atoms in total. The molecule has 0 bridgehead atoms. The summed E-state index contributed by atoms with van der Waals surface area (Å²) in [5.41, 5.74) is 0.766. The number of aryl methyl sites for hydroxylation is 1. The number of methoxy groups -OCH3 is 1. The first-order valence-electron chi connectivity index (χ1n) is 13.6. The number of aromatic nitrogens is 2. The van der Waals surface area contributed by atoms with E-state index in [1.165, 1.54) is 7.11 Å². The molecule has 2 aromatic rings. The fourth-order valence-corrected chi connectivity index (χ4v) is 5.54. The maximum absolute atomic E-state index is 13.5. The third kappa shape index (κ3) is 6.77. The number of aliphatic hydroxyl groups excluding tert-OH is 1. The molecule has 212 valence electrons. The number of carbonyl (C=O) groups excluding carboxylic acids is 1. The molecule has 1 aromatic carbocycles. The third-order valence-electron chi connectivity index (χ3n) is 7.48. The van der Waals surface area contributed by atoms with Crippen molar-refractivity contribution in [2.45, 2.75) is 51.0 Å². The second-order valence-electron chi connectivity index (χ2n) is 9.94. The van der Waals surface area contributed by atoms with Gasteiger partial charge in [0.2, 0.25) is 18.4 Å². The van der Waals surface area contributed by atoms with Gasteiger partial charge in [0.25, 0.3) is 0 Å². The highest BCUT2D eigenvalue weighted by Gasteiger charge is 2.47. The molecule has 3 atom stereocenters. The molecule has 0 aliphatic carbocycles. The molecule has 4 rings (SSSR count). The van der Waals surface area contributed by atoms with Crippen LogP contribution in [0.4, 0.5) is 0 Å². The normalized spacial score (nSPS) is 20.2. The molecule has 3 heterocycles. The van der Waals surface area contributed by atoms with Gasteiger partial charge in [0.15, 0.2) is 11.5 Å². The summed E-state index contributed by atoms with van der Waals surface area (Å²) in [4.78, 5) is 38.6. The first-order valence-corrected chi connectivity index (χ1v) is 13.6. The number of likely N-dealkylation sites (tertiary alicyclic amines) is 1. The summed E-state index contributed by atoms with van der Waals surface area (Å²) in [6, 6.07) is 4.96. The van der Waals surface area contributed by atoms with Crippen LogP contribution in [0.1, 0.15) is 49.9 Å². The monoisotopic (exact) mass is 542 g/mol. The van der Waals surface area contributed by atoms with Gasteiger partial charge < -0.3 is 29.3 Å². The minimum absolute atomic E-state index is 0.00836. The quantitative estimate of drug-likeness (QED) is 0.366. The third-order valence-corrected chi connectivity index (χ3v) is 7.48. The molecule has 0 radical (unpaired) electrons. The van der Waals surface area contributed by atoms with E-state index in [1.807, 2.05) is 17.0 Å². The van der Waals surface area contributed by atoms with Gasteiger partial charge in [-0.2, -0.15) is 0 Å². The van der Waals surface area contributed by atoms with Crippen LogP contribution < -0.4 is 14.2 Å². The topological polar surface area (TPSA) is 135 Å². The lowest BCUT2D eigenvalue weighted by Gasteiger charge is -2.29. The Morgan fingerprint density at radius 1 is 1.18 bits per heavy atom. The van der Waals surface area contributed by atoms with Crippen molar-refractivity contribution >= 4 is 11.9 Å². The summed E-state index contributed by atoms with van der Waals surface area (Å²) in [6.45, 7) is 3.70. The molecule has 1 amide bonds. The molecular weight excluding hydrogens is 504 g/mol. The van der Waals surface area contributed by atoms with Gasteiger partial charge in [-0.25, -0.2) is 9.97 Å². The Morgan fingerprint density at radius 2 is 1.95 bits per heavy atom. The zero-order valence-corrected chi connectivity index (χ0v) is 22.6. The molecular formula is C28H38N4O7. The number of hydrogen-bond acceptors (Lipinski definition) is 9. The Bertz CT molecular complexity index is 1110. The number of ether oxygens (including phenoxy) is 3. The lowest BCUT2D eigenvalue weighted by atomic mass is 9.83. The Labute approximate surface area is 228 Å². The van der Waals surface area contributed by atoms with Crippen LogP contribution in [0, 0.1) is 5.92 Å². The number of fused-ring (bicyclic) bond motifs is 1. The van der Waals surface area contributed by atoms with Crippen molar-refractivity contribution in [1.82, 2.24) is 19.8 Å². The Kier molecular flexibility index (Phi) is 9.94. The predicted octanol–water partition coefficient (Wildman–Crippen LogP) is 2.33. The number of nitrogens with zero attached hydrogens (tertiary/aromatic N) is 4. The van der Waals surface area contributed by atoms with Crippen molar-refractivity contribution in [1.29, 1.82) is 0 Å². The van der Waals surface area contributed by atoms with Crippen molar-refractivity contribution in [3.05, 3.63) is 42.0 Å². The average Bonchev–Trinajstić information content (AvgIpc) is 3.56. The number of aliphatic hydroxyl groups is 1. The second kappa shape index (κ2) is 13.6. The van der Waals surface area contributed by atoms with E-state index in [0.29, 0.717) is 62.0 Å². The summed E-state index contributed by atoms with van der Waals surface area (Å²) >= 11 is 0. The highest BCUT2D eigenvalue weighted by molar-refractivity contribution is 5.79. The number of carboxylic acid groups (broad SMARTS) is 1. The van der Waals surface area contributed by atoms with Gasteiger partial charge in [-0.1, -0.05) is 13.3 Å². The molecule has 2 aliphatic heterocycles. The van der Waals surface area contributed by atoms with E-state index in [-0.39, 0.29) is 25.9 Å². The van der Waals surface area contributed by atoms with Crippen LogP contribution in [0.2, 0.25) is 0 Å². The van der Waals surface area contributed by atoms with E-state index >= 15 is 0 Å². The molecule has 0 unspecified atom stereocenters. The number of hydrogen-bond donors (Lipinski definition) is 2. The first-order chi connectivity index (χ1) is 19.0. The Hall–Kier alpha value is -3.44. The fraction of sp³-hybridized carbons (Fsp3) is 0.571. The highest BCUT2D eigenvalue weighted by atomic mass is 16.7. The first kappa shape index (κ1) is 28.6. The predicted molar refractivity (Wildman–Crippen MR) is 142 cm³/mol. The number of rotatable bonds is 14. The van der Waals surface area contributed by atoms with Gasteiger partial charge in [-0.3, -0.25) is 14.5 Å². The lowest BCUT2D eigenvalue weighted by molar-refractivity contribution is -0.143. The van der Waals surface area contributed by atoms with E-state index < -0.39 is 23.8 Å². The zero-order valence-electron chi connectivity index (χ0n) is 22.6. The molecule has 0 saturated carbocycles. The minimum Gasteiger partial charge on any atom is -0.493 e. The average molecular weight is 543 g/mol. The lowest BCUT2D eigenvalue weighted by Crippen LogP contribution is -2.45. The summed E-state index contributed by atoms with van der Waals surface area (Å²) < 4.78 is 16.7. The summed E-state index contributed by atoms with van der Waals surface area (Å²) in [7, 11) is 1.54. The van der Waals surface area contributed by atoms with Crippen molar-refractivity contribution in [2.75, 3.05) is 46.7 Å². The second-order valence-corrected chi connectivity index (χ2v) is 9.94. The summed E-state index contributed by atoms with van der Waals surface area (Å²) in [5.74, 6) is -0.00991. The zero-order chi connectivity index (χ0) is 27.8. The Balaban J connectivity index is 1.63. The molecule has 0 spiro atoms. The van der Waals surface area contributed by atoms with Crippen LogP contribution in [-0.2, 0) is 16.0 Å². The van der Waals surface area contributed by atoms with Gasteiger partial charge in [0.05, 0.1) is 19.6 Å². The minimum atomic E-state index is -0.923. The van der Waals surface area contributed by atoms with Crippen LogP contribution in [0.15, 0.2) is 30.6 Å². The van der Waals surface area contributed by atoms with Crippen molar-refractivity contribution in [3.63, 3.8) is 0 Å². The summed E-state index contributed by atoms with van der Waals surface area (Å²) in [6.07, 6.45) is 6.62. The van der Waals surface area contributed by atoms with Crippen molar-refractivity contribution < 1.29 is 34.0 Å². The van der Waals surface area contributed by atoms with Gasteiger partial charge in [-0.15, -0.1) is 0 Å². The van der Waals surface area contributed by atoms with E-state index in [9.17, 15) is 19.8 Å². The number of aliphatic carboxylic acids is 1. The van der Waals surface area contributed by atoms with Crippen LogP contribution in [0.25, 0.3) is 0 Å². The van der Waals surface area contributed by atoms with E-state index in [1.54, 1.807) is 23.4 Å². The van der Waals surface area contributed by atoms with Crippen LogP contribution in [-0.4, -0.2) is 94.6 Å². The molecule has 1 saturated heterocycles. The molecule has 2 aliphatic rings. The van der Waals surface area contributed by atoms with Gasteiger partial charge in [0, 0.05) is 57.0 Å². The van der Waals surface area contributed by atoms with E-state index in [0.717, 1.165) is 18.4 Å². The smallest absolute Gasteiger partial charge is 0.308 e. The molecule has 11 heteroatoms. The molecule has 1 fully saturated rings. The van der Waals surface area contributed by atoms with Crippen molar-refractivity contribution in [2.24, 2.45) is 5.92 Å². The van der Waals surface area contributed by atoms with Crippen molar-refractivity contribution in [3.8, 4) is 17.2 Å². The van der Waals surface area contributed by atoms with Gasteiger partial charge in [-0.05, 0) is 43.0 Å². The molecule has 2 N–H and O–H groups in total. The van der Waals surface area contributed by atoms with E-state index in [4.69, 9.17) is 14.2 Å². The molecule has 1 aromatic heterocycles. The Morgan fingerprint density at radius 3 is 2.64 bits per heavy atom. The largest absolute Gasteiger partial charge is 0.493 e. The summed E-state index contributed by atoms with van der Waals surface area (Å²) in [5, 5.41) is 19.8.